The van der Waals surface area contributed by atoms with Gasteiger partial charge in [0.05, 0.1) is 0 Å². The molecule has 0 spiro atoms. The fraction of sp³-hybridized carbons (Fsp3) is 0.455. The van der Waals surface area contributed by atoms with E-state index in [4.69, 9.17) is 0 Å². The fourth-order valence-corrected chi connectivity index (χ4v) is 1.94. The number of thiol groups is 1. The first-order chi connectivity index (χ1) is 6.04. The molecule has 72 valence electrons. The quantitative estimate of drug-likeness (QED) is 0.584. The van der Waals surface area contributed by atoms with Crippen LogP contribution in [0.25, 0.3) is 0 Å². The molecule has 0 aliphatic carbocycles. The fourth-order valence-electron chi connectivity index (χ4n) is 1.13. The average Bonchev–Trinajstić information content (AvgIpc) is 2.04. The molecule has 0 radical (unpaired) electrons. The van der Waals surface area contributed by atoms with Gasteiger partial charge in [0.1, 0.15) is 0 Å². The smallest absolute Gasteiger partial charge is 0.0322 e. The summed E-state index contributed by atoms with van der Waals surface area (Å²) in [5, 5.41) is 0. The van der Waals surface area contributed by atoms with E-state index < -0.39 is 0 Å². The molecule has 0 saturated heterocycles. The summed E-state index contributed by atoms with van der Waals surface area (Å²) in [6.45, 7) is 6.39. The third-order valence-corrected chi connectivity index (χ3v) is 3.02. The topological polar surface area (TPSA) is 0 Å². The lowest BCUT2D eigenvalue weighted by Gasteiger charge is -2.17. The highest BCUT2D eigenvalue weighted by Gasteiger charge is 2.13. The van der Waals surface area contributed by atoms with Gasteiger partial charge in [0.2, 0.25) is 0 Å². The van der Waals surface area contributed by atoms with Gasteiger partial charge in [-0.2, -0.15) is 12.6 Å². The van der Waals surface area contributed by atoms with Gasteiger partial charge in [0.15, 0.2) is 0 Å². The van der Waals surface area contributed by atoms with E-state index in [1.165, 1.54) is 10.5 Å². The van der Waals surface area contributed by atoms with Crippen LogP contribution >= 0.6 is 24.4 Å². The van der Waals surface area contributed by atoms with E-state index >= 15 is 0 Å². The van der Waals surface area contributed by atoms with E-state index in [1.54, 1.807) is 0 Å². The van der Waals surface area contributed by atoms with Crippen LogP contribution in [0.1, 0.15) is 26.3 Å². The Kier molecular flexibility index (Phi) is 3.74. The summed E-state index contributed by atoms with van der Waals surface area (Å²) >= 11 is 6.39. The summed E-state index contributed by atoms with van der Waals surface area (Å²) in [4.78, 5) is 1.34. The second-order valence-corrected chi connectivity index (χ2v) is 5.97. The normalized spacial score (nSPS) is 11.7. The molecule has 0 bridgehead atoms. The third-order valence-electron chi connectivity index (χ3n) is 1.87. The molecule has 1 rings (SSSR count). The van der Waals surface area contributed by atoms with Crippen LogP contribution in [0, 0.1) is 0 Å². The number of hydrogen-bond donors (Lipinski definition) is 1. The third kappa shape index (κ3) is 3.28. The predicted molar refractivity (Wildman–Crippen MR) is 64.9 cm³/mol. The molecule has 0 unspecified atom stereocenters. The molecular formula is C11H16S2. The Morgan fingerprint density at radius 3 is 2.15 bits per heavy atom. The molecule has 0 atom stereocenters. The Labute approximate surface area is 90.5 Å². The van der Waals surface area contributed by atoms with Crippen LogP contribution in [0.15, 0.2) is 29.2 Å². The van der Waals surface area contributed by atoms with Crippen LogP contribution in [0.3, 0.4) is 0 Å². The van der Waals surface area contributed by atoms with Gasteiger partial charge in [-0.05, 0) is 37.3 Å². The van der Waals surface area contributed by atoms with Crippen molar-refractivity contribution in [1.82, 2.24) is 0 Å². The van der Waals surface area contributed by atoms with E-state index in [-0.39, 0.29) is 4.75 Å². The molecule has 0 N–H and O–H groups in total. The minimum absolute atomic E-state index is 0.0323. The maximum Gasteiger partial charge on any atom is 0.0322 e. The van der Waals surface area contributed by atoms with Gasteiger partial charge in [-0.25, -0.2) is 0 Å². The van der Waals surface area contributed by atoms with Gasteiger partial charge in [-0.15, -0.1) is 11.8 Å². The summed E-state index contributed by atoms with van der Waals surface area (Å²) in [6.07, 6.45) is 0. The van der Waals surface area contributed by atoms with Crippen molar-refractivity contribution in [3.05, 3.63) is 29.8 Å². The molecule has 1 aromatic rings. The zero-order valence-electron chi connectivity index (χ0n) is 8.37. The molecule has 1 aromatic carbocycles. The van der Waals surface area contributed by atoms with Crippen LogP contribution in [0.5, 0.6) is 0 Å². The summed E-state index contributed by atoms with van der Waals surface area (Å²) in [5.41, 5.74) is 1.27. The zero-order valence-corrected chi connectivity index (χ0v) is 10.1. The van der Waals surface area contributed by atoms with Gasteiger partial charge >= 0.3 is 0 Å². The van der Waals surface area contributed by atoms with Gasteiger partial charge in [-0.1, -0.05) is 19.1 Å². The number of rotatable bonds is 3. The standard InChI is InChI=1S/C11H16S2/c1-4-13-10-7-5-9(6-8-10)11(2,3)12/h5-8,12H,4H2,1-3H3. The lowest BCUT2D eigenvalue weighted by molar-refractivity contribution is 0.790. The molecule has 0 amide bonds. The van der Waals surface area contributed by atoms with Gasteiger partial charge in [0.25, 0.3) is 0 Å². The van der Waals surface area contributed by atoms with Crippen LogP contribution in [0.4, 0.5) is 0 Å². The Morgan fingerprint density at radius 1 is 1.23 bits per heavy atom. The number of benzene rings is 1. The Morgan fingerprint density at radius 2 is 1.77 bits per heavy atom. The van der Waals surface area contributed by atoms with Crippen molar-refractivity contribution in [2.75, 3.05) is 5.75 Å². The van der Waals surface area contributed by atoms with Crippen LogP contribution in [-0.4, -0.2) is 5.75 Å². The molecule has 0 saturated carbocycles. The summed E-state index contributed by atoms with van der Waals surface area (Å²) in [5.74, 6) is 1.13. The molecule has 2 heteroatoms. The Balaban J connectivity index is 2.81. The second-order valence-electron chi connectivity index (χ2n) is 3.52. The molecular weight excluding hydrogens is 196 g/mol. The monoisotopic (exact) mass is 212 g/mol. The molecule has 0 fully saturated rings. The Bertz CT molecular complexity index is 256. The summed E-state index contributed by atoms with van der Waals surface area (Å²) < 4.78 is -0.0323. The van der Waals surface area contributed by atoms with Crippen molar-refractivity contribution in [2.45, 2.75) is 30.4 Å². The minimum Gasteiger partial charge on any atom is -0.168 e. The lowest BCUT2D eigenvalue weighted by atomic mass is 10.0. The van der Waals surface area contributed by atoms with E-state index in [1.807, 2.05) is 11.8 Å². The van der Waals surface area contributed by atoms with Gasteiger partial charge in [0, 0.05) is 9.64 Å². The van der Waals surface area contributed by atoms with Crippen LogP contribution in [-0.2, 0) is 4.75 Å². The number of thioether (sulfide) groups is 1. The summed E-state index contributed by atoms with van der Waals surface area (Å²) in [7, 11) is 0. The highest BCUT2D eigenvalue weighted by molar-refractivity contribution is 7.99. The largest absolute Gasteiger partial charge is 0.168 e. The predicted octanol–water partition coefficient (Wildman–Crippen LogP) is 3.96. The van der Waals surface area contributed by atoms with Gasteiger partial charge < -0.3 is 0 Å². The van der Waals surface area contributed by atoms with Crippen molar-refractivity contribution in [2.24, 2.45) is 0 Å². The van der Waals surface area contributed by atoms with Crippen molar-refractivity contribution in [3.8, 4) is 0 Å². The van der Waals surface area contributed by atoms with Crippen molar-refractivity contribution in [3.63, 3.8) is 0 Å². The van der Waals surface area contributed by atoms with E-state index in [9.17, 15) is 0 Å². The average molecular weight is 212 g/mol. The maximum absolute atomic E-state index is 4.52. The van der Waals surface area contributed by atoms with Gasteiger partial charge in [-0.3, -0.25) is 0 Å². The van der Waals surface area contributed by atoms with Crippen LogP contribution in [0.2, 0.25) is 0 Å². The highest BCUT2D eigenvalue weighted by atomic mass is 32.2. The number of hydrogen-bond acceptors (Lipinski definition) is 2. The van der Waals surface area contributed by atoms with Crippen molar-refractivity contribution < 1.29 is 0 Å². The summed E-state index contributed by atoms with van der Waals surface area (Å²) in [6, 6.07) is 8.65. The molecule has 0 aliphatic rings. The maximum atomic E-state index is 4.52. The molecule has 0 aromatic heterocycles. The minimum atomic E-state index is -0.0323. The van der Waals surface area contributed by atoms with E-state index in [0.29, 0.717) is 0 Å². The lowest BCUT2D eigenvalue weighted by Crippen LogP contribution is -2.06. The van der Waals surface area contributed by atoms with Crippen LogP contribution < -0.4 is 0 Å². The first-order valence-corrected chi connectivity index (χ1v) is 5.93. The molecule has 0 nitrogen and oxygen atoms in total. The second kappa shape index (κ2) is 4.43. The first kappa shape index (κ1) is 11.0. The zero-order chi connectivity index (χ0) is 9.90. The van der Waals surface area contributed by atoms with Crippen molar-refractivity contribution >= 4 is 24.4 Å². The Hall–Kier alpha value is -0.0800. The molecule has 13 heavy (non-hydrogen) atoms. The van der Waals surface area contributed by atoms with E-state index in [2.05, 4.69) is 57.7 Å². The molecule has 0 aliphatic heterocycles. The SMILES string of the molecule is CCSc1ccc(C(C)(C)S)cc1. The first-order valence-electron chi connectivity index (χ1n) is 4.49. The highest BCUT2D eigenvalue weighted by Crippen LogP contribution is 2.28. The molecule has 0 heterocycles. The van der Waals surface area contributed by atoms with Crippen molar-refractivity contribution in [1.29, 1.82) is 0 Å². The van der Waals surface area contributed by atoms with E-state index in [0.717, 1.165) is 5.75 Å².